The molecule has 0 aliphatic carbocycles. The predicted octanol–water partition coefficient (Wildman–Crippen LogP) is 2.31. The van der Waals surface area contributed by atoms with Crippen molar-refractivity contribution in [3.05, 3.63) is 41.0 Å². The van der Waals surface area contributed by atoms with Gasteiger partial charge in [0.25, 0.3) is 5.91 Å². The van der Waals surface area contributed by atoms with E-state index in [2.05, 4.69) is 4.98 Å². The van der Waals surface area contributed by atoms with Crippen molar-refractivity contribution in [2.45, 2.75) is 6.92 Å². The van der Waals surface area contributed by atoms with E-state index in [4.69, 9.17) is 11.6 Å². The summed E-state index contributed by atoms with van der Waals surface area (Å²) in [7, 11) is -3.52. The molecule has 1 atom stereocenters. The lowest BCUT2D eigenvalue weighted by atomic mass is 10.1. The summed E-state index contributed by atoms with van der Waals surface area (Å²) in [6.45, 7) is 2.04. The minimum Gasteiger partial charge on any atom is -0.268 e. The molecule has 1 aromatic heterocycles. The van der Waals surface area contributed by atoms with Crippen LogP contribution in [0, 0.1) is 5.92 Å². The number of amides is 1. The molecule has 2 heterocycles. The quantitative estimate of drug-likeness (QED) is 0.807. The van der Waals surface area contributed by atoms with Gasteiger partial charge in [-0.1, -0.05) is 24.6 Å². The molecule has 0 radical (unpaired) electrons. The third-order valence-corrected chi connectivity index (χ3v) is 5.68. The zero-order valence-corrected chi connectivity index (χ0v) is 12.9. The fourth-order valence-electron chi connectivity index (χ4n) is 2.55. The minimum absolute atomic E-state index is 0.00752. The van der Waals surface area contributed by atoms with Crippen molar-refractivity contribution in [2.24, 2.45) is 5.92 Å². The average molecular weight is 325 g/mol. The molecule has 0 N–H and O–H groups in total. The van der Waals surface area contributed by atoms with Crippen molar-refractivity contribution < 1.29 is 13.2 Å². The summed E-state index contributed by atoms with van der Waals surface area (Å²) >= 11 is 5.91. The Hall–Kier alpha value is -1.66. The van der Waals surface area contributed by atoms with Gasteiger partial charge in [-0.15, -0.1) is 0 Å². The van der Waals surface area contributed by atoms with Crippen LogP contribution in [-0.2, 0) is 10.0 Å². The Morgan fingerprint density at radius 2 is 2.14 bits per heavy atom. The molecule has 5 nitrogen and oxygen atoms in total. The van der Waals surface area contributed by atoms with Gasteiger partial charge in [0.1, 0.15) is 0 Å². The number of fused-ring (bicyclic) bond motifs is 1. The fourth-order valence-corrected chi connectivity index (χ4v) is 4.55. The van der Waals surface area contributed by atoms with E-state index >= 15 is 0 Å². The number of hydrogen-bond donors (Lipinski definition) is 0. The van der Waals surface area contributed by atoms with Crippen LogP contribution in [0.1, 0.15) is 17.3 Å². The number of rotatable bonds is 1. The smallest absolute Gasteiger partial charge is 0.268 e. The minimum atomic E-state index is -3.52. The Balaban J connectivity index is 2.11. The van der Waals surface area contributed by atoms with Gasteiger partial charge in [0, 0.05) is 23.2 Å². The molecule has 7 heteroatoms. The molecule has 0 saturated carbocycles. The van der Waals surface area contributed by atoms with Crippen LogP contribution in [0.5, 0.6) is 0 Å². The first-order valence-electron chi connectivity index (χ1n) is 6.47. The van der Waals surface area contributed by atoms with Crippen molar-refractivity contribution in [1.82, 2.24) is 9.29 Å². The van der Waals surface area contributed by atoms with Crippen LogP contribution in [0.15, 0.2) is 30.5 Å². The van der Waals surface area contributed by atoms with Gasteiger partial charge in [0.15, 0.2) is 0 Å². The number of hydrogen-bond acceptors (Lipinski definition) is 4. The Bertz CT molecular complexity index is 835. The third kappa shape index (κ3) is 2.49. The molecule has 2 aromatic rings. The summed E-state index contributed by atoms with van der Waals surface area (Å²) < 4.78 is 25.1. The van der Waals surface area contributed by atoms with Crippen LogP contribution in [-0.4, -0.2) is 35.9 Å². The van der Waals surface area contributed by atoms with E-state index in [0.717, 1.165) is 4.31 Å². The van der Waals surface area contributed by atoms with Gasteiger partial charge in [-0.25, -0.2) is 12.7 Å². The molecule has 1 aromatic carbocycles. The van der Waals surface area contributed by atoms with Crippen molar-refractivity contribution in [3.8, 4) is 0 Å². The lowest BCUT2D eigenvalue weighted by molar-refractivity contribution is 0.0865. The molecule has 1 fully saturated rings. The van der Waals surface area contributed by atoms with Crippen molar-refractivity contribution in [2.75, 3.05) is 12.3 Å². The standard InChI is InChI=1S/C14H13ClN2O3S/c1-9-7-17(21(19,20)8-9)14(18)12-4-5-16-13-6-10(15)2-3-11(12)13/h2-6,9H,7-8H2,1H3. The van der Waals surface area contributed by atoms with Gasteiger partial charge >= 0.3 is 0 Å². The molecule has 110 valence electrons. The van der Waals surface area contributed by atoms with E-state index in [1.807, 2.05) is 6.92 Å². The SMILES string of the molecule is CC1CN(C(=O)c2ccnc3cc(Cl)ccc23)S(=O)(=O)C1. The number of sulfonamides is 1. The average Bonchev–Trinajstić information content (AvgIpc) is 2.70. The van der Waals surface area contributed by atoms with Crippen molar-refractivity contribution >= 4 is 38.4 Å². The van der Waals surface area contributed by atoms with E-state index in [-0.39, 0.29) is 18.2 Å². The normalized spacial score (nSPS) is 20.9. The molecule has 1 aliphatic heterocycles. The van der Waals surface area contributed by atoms with E-state index in [1.54, 1.807) is 18.2 Å². The van der Waals surface area contributed by atoms with E-state index in [1.165, 1.54) is 12.3 Å². The lowest BCUT2D eigenvalue weighted by Crippen LogP contribution is -2.32. The molecule has 1 unspecified atom stereocenters. The predicted molar refractivity (Wildman–Crippen MR) is 80.7 cm³/mol. The molecule has 21 heavy (non-hydrogen) atoms. The molecule has 0 spiro atoms. The summed E-state index contributed by atoms with van der Waals surface area (Å²) in [6, 6.07) is 6.53. The number of carbonyl (C=O) groups excluding carboxylic acids is 1. The summed E-state index contributed by atoms with van der Waals surface area (Å²) in [5, 5.41) is 1.11. The fraction of sp³-hybridized carbons (Fsp3) is 0.286. The zero-order valence-electron chi connectivity index (χ0n) is 11.3. The topological polar surface area (TPSA) is 67.3 Å². The number of nitrogens with zero attached hydrogens (tertiary/aromatic N) is 2. The third-order valence-electron chi connectivity index (χ3n) is 3.47. The van der Waals surface area contributed by atoms with Gasteiger partial charge in [-0.05, 0) is 24.1 Å². The number of aromatic nitrogens is 1. The Morgan fingerprint density at radius 3 is 2.81 bits per heavy atom. The number of benzene rings is 1. The van der Waals surface area contributed by atoms with Crippen LogP contribution in [0.2, 0.25) is 5.02 Å². The number of pyridine rings is 1. The summed E-state index contributed by atoms with van der Waals surface area (Å²) in [5.41, 5.74) is 0.896. The van der Waals surface area contributed by atoms with E-state index in [9.17, 15) is 13.2 Å². The van der Waals surface area contributed by atoms with Crippen LogP contribution in [0.3, 0.4) is 0 Å². The maximum absolute atomic E-state index is 12.6. The Morgan fingerprint density at radius 1 is 1.38 bits per heavy atom. The van der Waals surface area contributed by atoms with Gasteiger partial charge in [-0.2, -0.15) is 0 Å². The van der Waals surface area contributed by atoms with Crippen LogP contribution in [0.4, 0.5) is 0 Å². The monoisotopic (exact) mass is 324 g/mol. The highest BCUT2D eigenvalue weighted by atomic mass is 35.5. The van der Waals surface area contributed by atoms with Crippen LogP contribution in [0.25, 0.3) is 10.9 Å². The summed E-state index contributed by atoms with van der Waals surface area (Å²) in [5.74, 6) is -0.552. The molecule has 1 aliphatic rings. The largest absolute Gasteiger partial charge is 0.268 e. The number of halogens is 1. The van der Waals surface area contributed by atoms with E-state index in [0.29, 0.717) is 21.5 Å². The Kier molecular flexibility index (Phi) is 3.37. The summed E-state index contributed by atoms with van der Waals surface area (Å²) in [6.07, 6.45) is 1.48. The van der Waals surface area contributed by atoms with Crippen LogP contribution >= 0.6 is 11.6 Å². The van der Waals surface area contributed by atoms with Gasteiger partial charge in [0.05, 0.1) is 16.8 Å². The van der Waals surface area contributed by atoms with Crippen molar-refractivity contribution in [1.29, 1.82) is 0 Å². The van der Waals surface area contributed by atoms with E-state index < -0.39 is 15.9 Å². The first-order valence-corrected chi connectivity index (χ1v) is 8.46. The second-order valence-electron chi connectivity index (χ2n) is 5.24. The van der Waals surface area contributed by atoms with Gasteiger partial charge in [-0.3, -0.25) is 9.78 Å². The van der Waals surface area contributed by atoms with Crippen molar-refractivity contribution in [3.63, 3.8) is 0 Å². The molecule has 1 saturated heterocycles. The van der Waals surface area contributed by atoms with Crippen LogP contribution < -0.4 is 0 Å². The number of carbonyl (C=O) groups is 1. The first kappa shape index (κ1) is 14.3. The Labute approximate surface area is 127 Å². The zero-order chi connectivity index (χ0) is 15.2. The maximum Gasteiger partial charge on any atom is 0.268 e. The molecule has 3 rings (SSSR count). The highest BCUT2D eigenvalue weighted by molar-refractivity contribution is 7.89. The van der Waals surface area contributed by atoms with Gasteiger partial charge in [0.2, 0.25) is 10.0 Å². The molecule has 1 amide bonds. The molecule has 0 bridgehead atoms. The van der Waals surface area contributed by atoms with Gasteiger partial charge < -0.3 is 0 Å². The summed E-state index contributed by atoms with van der Waals surface area (Å²) in [4.78, 5) is 16.8. The lowest BCUT2D eigenvalue weighted by Gasteiger charge is -2.16. The highest BCUT2D eigenvalue weighted by Crippen LogP contribution is 2.26. The maximum atomic E-state index is 12.6. The molecular weight excluding hydrogens is 312 g/mol. The molecular formula is C14H13ClN2O3S. The highest BCUT2D eigenvalue weighted by Gasteiger charge is 2.37. The second kappa shape index (κ2) is 4.96. The first-order chi connectivity index (χ1) is 9.88. The second-order valence-corrected chi connectivity index (χ2v) is 7.61.